The zero-order valence-corrected chi connectivity index (χ0v) is 12.8. The van der Waals surface area contributed by atoms with Gasteiger partial charge in [0, 0.05) is 37.6 Å². The Morgan fingerprint density at radius 3 is 2.50 bits per heavy atom. The molecule has 0 aromatic carbocycles. The second kappa shape index (κ2) is 8.25. The van der Waals surface area contributed by atoms with E-state index in [9.17, 15) is 18.0 Å². The van der Waals surface area contributed by atoms with Crippen LogP contribution in [0.25, 0.3) is 0 Å². The van der Waals surface area contributed by atoms with Crippen LogP contribution >= 0.6 is 0 Å². The third-order valence-corrected chi connectivity index (χ3v) is 4.09. The molecule has 0 unspecified atom stereocenters. The van der Waals surface area contributed by atoms with Crippen LogP contribution in [0.15, 0.2) is 36.7 Å². The number of aromatic nitrogens is 1. The maximum absolute atomic E-state index is 12.0. The maximum atomic E-state index is 12.0. The Labute approximate surface area is 128 Å². The zero-order valence-electron chi connectivity index (χ0n) is 12.0. The van der Waals surface area contributed by atoms with Gasteiger partial charge in [-0.15, -0.1) is 0 Å². The van der Waals surface area contributed by atoms with Crippen LogP contribution in [-0.2, 0) is 26.2 Å². The fourth-order valence-corrected chi connectivity index (χ4v) is 2.22. The number of carboxylic acids is 1. The first kappa shape index (κ1) is 17.8. The molecule has 0 aliphatic carbocycles. The molecule has 0 atom stereocenters. The Kier molecular flexibility index (Phi) is 6.67. The van der Waals surface area contributed by atoms with Crippen LogP contribution in [0.1, 0.15) is 5.56 Å². The Morgan fingerprint density at radius 1 is 1.32 bits per heavy atom. The summed E-state index contributed by atoms with van der Waals surface area (Å²) in [5, 5.41) is 8.56. The highest BCUT2D eigenvalue weighted by Crippen LogP contribution is 2.05. The number of pyridine rings is 1. The number of carboxylic acid groups (broad SMARTS) is 1. The molecular weight excluding hydrogens is 310 g/mol. The molecule has 8 nitrogen and oxygen atoms in total. The normalized spacial score (nSPS) is 11.5. The van der Waals surface area contributed by atoms with Gasteiger partial charge in [0.1, 0.15) is 0 Å². The number of carbonyl (C=O) groups excluding carboxylic acids is 1. The van der Waals surface area contributed by atoms with Gasteiger partial charge in [0.05, 0.1) is 5.75 Å². The van der Waals surface area contributed by atoms with Crippen LogP contribution in [0.5, 0.6) is 0 Å². The summed E-state index contributed by atoms with van der Waals surface area (Å²) in [7, 11) is -2.18. The Morgan fingerprint density at radius 2 is 1.95 bits per heavy atom. The van der Waals surface area contributed by atoms with Crippen molar-refractivity contribution in [2.24, 2.45) is 0 Å². The van der Waals surface area contributed by atoms with Gasteiger partial charge in [-0.3, -0.25) is 9.78 Å². The smallest absolute Gasteiger partial charge is 0.328 e. The van der Waals surface area contributed by atoms with E-state index in [0.29, 0.717) is 6.08 Å². The third-order valence-electron chi connectivity index (χ3n) is 2.74. The van der Waals surface area contributed by atoms with Crippen LogP contribution in [0, 0.1) is 0 Å². The number of aliphatic carboxylic acids is 1. The molecule has 2 N–H and O–H groups in total. The lowest BCUT2D eigenvalue weighted by Gasteiger charge is -2.21. The second-order valence-corrected chi connectivity index (χ2v) is 6.36. The molecule has 0 aliphatic heterocycles. The van der Waals surface area contributed by atoms with Gasteiger partial charge in [-0.2, -0.15) is 0 Å². The molecule has 1 amide bonds. The van der Waals surface area contributed by atoms with E-state index in [4.69, 9.17) is 5.11 Å². The highest BCUT2D eigenvalue weighted by atomic mass is 32.2. The Bertz CT molecular complexity index is 643. The standard InChI is InChI=1S/C13H17N3O5S/c1-14-22(20,21)9-8-16(12(17)2-3-13(18)19)10-11-4-6-15-7-5-11/h2-7,14H,8-10H2,1H3,(H,18,19)/b3-2+. The Hall–Kier alpha value is -2.26. The molecule has 0 spiro atoms. The van der Waals surface area contributed by atoms with Gasteiger partial charge < -0.3 is 10.0 Å². The van der Waals surface area contributed by atoms with E-state index in [1.807, 2.05) is 0 Å². The minimum absolute atomic E-state index is 0.0612. The van der Waals surface area contributed by atoms with Crippen molar-refractivity contribution >= 4 is 21.9 Å². The first-order valence-corrected chi connectivity index (χ1v) is 7.99. The molecular formula is C13H17N3O5S. The molecule has 22 heavy (non-hydrogen) atoms. The summed E-state index contributed by atoms with van der Waals surface area (Å²) in [6, 6.07) is 3.38. The van der Waals surface area contributed by atoms with E-state index in [0.717, 1.165) is 11.6 Å². The molecule has 0 radical (unpaired) electrons. The molecule has 0 saturated carbocycles. The van der Waals surface area contributed by atoms with Gasteiger partial charge in [-0.05, 0) is 24.7 Å². The summed E-state index contributed by atoms with van der Waals surface area (Å²) in [5.41, 5.74) is 0.758. The van der Waals surface area contributed by atoms with E-state index in [-0.39, 0.29) is 18.8 Å². The van der Waals surface area contributed by atoms with Gasteiger partial charge in [0.15, 0.2) is 0 Å². The molecule has 0 bridgehead atoms. The number of nitrogens with one attached hydrogen (secondary N) is 1. The number of nitrogens with zero attached hydrogens (tertiary/aromatic N) is 2. The quantitative estimate of drug-likeness (QED) is 0.628. The highest BCUT2D eigenvalue weighted by Gasteiger charge is 2.16. The monoisotopic (exact) mass is 327 g/mol. The zero-order chi connectivity index (χ0) is 16.6. The summed E-state index contributed by atoms with van der Waals surface area (Å²) in [5.74, 6) is -2.10. The van der Waals surface area contributed by atoms with Crippen LogP contribution < -0.4 is 4.72 Å². The number of hydrogen-bond acceptors (Lipinski definition) is 5. The predicted octanol–water partition coefficient (Wildman–Crippen LogP) is -0.400. The van der Waals surface area contributed by atoms with Gasteiger partial charge >= 0.3 is 5.97 Å². The van der Waals surface area contributed by atoms with E-state index >= 15 is 0 Å². The third kappa shape index (κ3) is 6.46. The number of hydrogen-bond donors (Lipinski definition) is 2. The van der Waals surface area contributed by atoms with Crippen molar-refractivity contribution in [3.63, 3.8) is 0 Å². The minimum atomic E-state index is -3.47. The lowest BCUT2D eigenvalue weighted by molar-refractivity contribution is -0.132. The van der Waals surface area contributed by atoms with E-state index in [1.54, 1.807) is 24.5 Å². The van der Waals surface area contributed by atoms with Crippen LogP contribution in [0.2, 0.25) is 0 Å². The Balaban J connectivity index is 2.84. The van der Waals surface area contributed by atoms with Crippen LogP contribution in [-0.4, -0.2) is 54.6 Å². The molecule has 1 heterocycles. The van der Waals surface area contributed by atoms with Gasteiger partial charge in [0.2, 0.25) is 15.9 Å². The number of rotatable bonds is 8. The van der Waals surface area contributed by atoms with Crippen molar-refractivity contribution in [2.45, 2.75) is 6.54 Å². The first-order chi connectivity index (χ1) is 10.3. The molecule has 0 aliphatic rings. The molecule has 1 rings (SSSR count). The van der Waals surface area contributed by atoms with Gasteiger partial charge in [0.25, 0.3) is 0 Å². The fraction of sp³-hybridized carbons (Fsp3) is 0.308. The van der Waals surface area contributed by atoms with Crippen LogP contribution in [0.4, 0.5) is 0 Å². The average Bonchev–Trinajstić information content (AvgIpc) is 2.50. The topological polar surface area (TPSA) is 117 Å². The van der Waals surface area contributed by atoms with Crippen molar-refractivity contribution in [1.82, 2.24) is 14.6 Å². The molecule has 120 valence electrons. The predicted molar refractivity (Wildman–Crippen MR) is 79.3 cm³/mol. The molecule has 1 aromatic heterocycles. The van der Waals surface area contributed by atoms with Gasteiger partial charge in [-0.1, -0.05) is 0 Å². The minimum Gasteiger partial charge on any atom is -0.478 e. The fourth-order valence-electron chi connectivity index (χ4n) is 1.56. The summed E-state index contributed by atoms with van der Waals surface area (Å²) in [6.45, 7) is 0.0961. The number of carbonyl (C=O) groups is 2. The maximum Gasteiger partial charge on any atom is 0.328 e. The second-order valence-electron chi connectivity index (χ2n) is 4.31. The summed E-state index contributed by atoms with van der Waals surface area (Å²) in [4.78, 5) is 27.6. The summed E-state index contributed by atoms with van der Waals surface area (Å²) >= 11 is 0. The van der Waals surface area contributed by atoms with E-state index in [2.05, 4.69) is 9.71 Å². The highest BCUT2D eigenvalue weighted by molar-refractivity contribution is 7.89. The number of amides is 1. The summed E-state index contributed by atoms with van der Waals surface area (Å²) in [6.07, 6.45) is 4.72. The SMILES string of the molecule is CNS(=O)(=O)CCN(Cc1ccncc1)C(=O)/C=C/C(=O)O. The van der Waals surface area contributed by atoms with Crippen molar-refractivity contribution < 1.29 is 23.1 Å². The van der Waals surface area contributed by atoms with Crippen molar-refractivity contribution in [1.29, 1.82) is 0 Å². The lowest BCUT2D eigenvalue weighted by atomic mass is 10.2. The molecule has 0 saturated heterocycles. The van der Waals surface area contributed by atoms with Gasteiger partial charge in [-0.25, -0.2) is 17.9 Å². The number of sulfonamides is 1. The van der Waals surface area contributed by atoms with Crippen molar-refractivity contribution in [3.05, 3.63) is 42.2 Å². The largest absolute Gasteiger partial charge is 0.478 e. The van der Waals surface area contributed by atoms with Crippen LogP contribution in [0.3, 0.4) is 0 Å². The van der Waals surface area contributed by atoms with Crippen molar-refractivity contribution in [3.8, 4) is 0 Å². The van der Waals surface area contributed by atoms with Crippen molar-refractivity contribution in [2.75, 3.05) is 19.3 Å². The molecule has 0 fully saturated rings. The lowest BCUT2D eigenvalue weighted by Crippen LogP contribution is -2.36. The van der Waals surface area contributed by atoms with E-state index < -0.39 is 21.9 Å². The molecule has 9 heteroatoms. The van der Waals surface area contributed by atoms with E-state index in [1.165, 1.54) is 11.9 Å². The molecule has 1 aromatic rings. The summed E-state index contributed by atoms with van der Waals surface area (Å²) < 4.78 is 25.1. The average molecular weight is 327 g/mol. The first-order valence-electron chi connectivity index (χ1n) is 6.34.